The van der Waals surface area contributed by atoms with Crippen LogP contribution in [0.15, 0.2) is 40.8 Å². The monoisotopic (exact) mass is 266 g/mol. The zero-order chi connectivity index (χ0) is 13.0. The van der Waals surface area contributed by atoms with Gasteiger partial charge in [0.2, 0.25) is 5.76 Å². The molecule has 0 amide bonds. The van der Waals surface area contributed by atoms with Gasteiger partial charge in [-0.3, -0.25) is 0 Å². The first-order chi connectivity index (χ1) is 8.65. The molecule has 1 heterocycles. The van der Waals surface area contributed by atoms with E-state index >= 15 is 0 Å². The van der Waals surface area contributed by atoms with Crippen molar-refractivity contribution in [2.24, 2.45) is 0 Å². The van der Waals surface area contributed by atoms with Gasteiger partial charge < -0.3 is 14.3 Å². The molecule has 0 spiro atoms. The number of aromatic carboxylic acids is 1. The molecule has 1 aromatic heterocycles. The Morgan fingerprint density at radius 2 is 2.11 bits per heavy atom. The summed E-state index contributed by atoms with van der Waals surface area (Å²) in [6.45, 7) is 0.615. The van der Waals surface area contributed by atoms with Crippen molar-refractivity contribution in [3.63, 3.8) is 0 Å². The third-order valence-corrected chi connectivity index (χ3v) is 2.51. The standard InChI is InChI=1S/C13H11ClO4/c14-10-3-1-2-9(6-10)7-17-8-11-4-5-12(18-11)13(15)16/h1-6H,7-8H2,(H,15,16). The lowest BCUT2D eigenvalue weighted by atomic mass is 10.2. The molecule has 4 nitrogen and oxygen atoms in total. The molecule has 0 saturated carbocycles. The number of carboxylic acid groups (broad SMARTS) is 1. The highest BCUT2D eigenvalue weighted by atomic mass is 35.5. The summed E-state index contributed by atoms with van der Waals surface area (Å²) < 4.78 is 10.5. The Morgan fingerprint density at radius 3 is 2.78 bits per heavy atom. The molecule has 2 aromatic rings. The van der Waals surface area contributed by atoms with Gasteiger partial charge in [0.15, 0.2) is 0 Å². The molecule has 0 radical (unpaired) electrons. The summed E-state index contributed by atoms with van der Waals surface area (Å²) in [6, 6.07) is 10.3. The molecule has 2 rings (SSSR count). The fraction of sp³-hybridized carbons (Fsp3) is 0.154. The first-order valence-electron chi connectivity index (χ1n) is 5.29. The average Bonchev–Trinajstić information content (AvgIpc) is 2.78. The molecular weight excluding hydrogens is 256 g/mol. The Labute approximate surface area is 109 Å². The van der Waals surface area contributed by atoms with Crippen molar-refractivity contribution in [3.05, 3.63) is 58.5 Å². The minimum Gasteiger partial charge on any atom is -0.475 e. The van der Waals surface area contributed by atoms with Gasteiger partial charge >= 0.3 is 5.97 Å². The van der Waals surface area contributed by atoms with Crippen LogP contribution in [0.1, 0.15) is 21.9 Å². The van der Waals surface area contributed by atoms with E-state index < -0.39 is 5.97 Å². The number of benzene rings is 1. The summed E-state index contributed by atoms with van der Waals surface area (Å²) in [5.74, 6) is -0.693. The van der Waals surface area contributed by atoms with Crippen molar-refractivity contribution < 1.29 is 19.1 Å². The van der Waals surface area contributed by atoms with Crippen LogP contribution in [0.3, 0.4) is 0 Å². The van der Waals surface area contributed by atoms with E-state index in [4.69, 9.17) is 25.9 Å². The molecule has 0 aliphatic rings. The van der Waals surface area contributed by atoms with Crippen molar-refractivity contribution in [1.82, 2.24) is 0 Å². The number of carbonyl (C=O) groups is 1. The van der Waals surface area contributed by atoms with E-state index in [9.17, 15) is 4.79 Å². The van der Waals surface area contributed by atoms with Gasteiger partial charge in [-0.15, -0.1) is 0 Å². The molecule has 0 unspecified atom stereocenters. The predicted molar refractivity (Wildman–Crippen MR) is 65.6 cm³/mol. The number of ether oxygens (including phenoxy) is 1. The number of furan rings is 1. The third kappa shape index (κ3) is 3.35. The lowest BCUT2D eigenvalue weighted by molar-refractivity contribution is 0.0641. The highest BCUT2D eigenvalue weighted by molar-refractivity contribution is 6.30. The lowest BCUT2D eigenvalue weighted by Gasteiger charge is -2.02. The lowest BCUT2D eigenvalue weighted by Crippen LogP contribution is -1.94. The van der Waals surface area contributed by atoms with Gasteiger partial charge in [0.25, 0.3) is 0 Å². The Hall–Kier alpha value is -1.78. The van der Waals surface area contributed by atoms with Gasteiger partial charge in [0.05, 0.1) is 6.61 Å². The van der Waals surface area contributed by atoms with Crippen molar-refractivity contribution in [3.8, 4) is 0 Å². The topological polar surface area (TPSA) is 59.7 Å². The maximum absolute atomic E-state index is 10.6. The van der Waals surface area contributed by atoms with Crippen LogP contribution in [0.2, 0.25) is 5.02 Å². The second kappa shape index (κ2) is 5.71. The smallest absolute Gasteiger partial charge is 0.371 e. The van der Waals surface area contributed by atoms with Crippen LogP contribution >= 0.6 is 11.6 Å². The summed E-state index contributed by atoms with van der Waals surface area (Å²) in [5.41, 5.74) is 0.951. The van der Waals surface area contributed by atoms with Crippen molar-refractivity contribution in [2.75, 3.05) is 0 Å². The summed E-state index contributed by atoms with van der Waals surface area (Å²) in [7, 11) is 0. The first kappa shape index (κ1) is 12.7. The quantitative estimate of drug-likeness (QED) is 0.902. The van der Waals surface area contributed by atoms with E-state index in [0.717, 1.165) is 5.56 Å². The summed E-state index contributed by atoms with van der Waals surface area (Å²) in [5, 5.41) is 9.34. The maximum Gasteiger partial charge on any atom is 0.371 e. The van der Waals surface area contributed by atoms with E-state index in [1.165, 1.54) is 6.07 Å². The highest BCUT2D eigenvalue weighted by Crippen LogP contribution is 2.13. The first-order valence-corrected chi connectivity index (χ1v) is 5.67. The average molecular weight is 267 g/mol. The predicted octanol–water partition coefficient (Wildman–Crippen LogP) is 3.35. The van der Waals surface area contributed by atoms with Gasteiger partial charge in [0.1, 0.15) is 12.4 Å². The Bertz CT molecular complexity index is 547. The molecule has 0 bridgehead atoms. The Morgan fingerprint density at radius 1 is 1.28 bits per heavy atom. The summed E-state index contributed by atoms with van der Waals surface area (Å²) >= 11 is 5.84. The third-order valence-electron chi connectivity index (χ3n) is 2.27. The molecule has 1 aromatic carbocycles. The van der Waals surface area contributed by atoms with Crippen LogP contribution in [0, 0.1) is 0 Å². The molecule has 0 atom stereocenters. The molecule has 1 N–H and O–H groups in total. The minimum atomic E-state index is -1.09. The number of halogens is 1. The van der Waals surface area contributed by atoms with Gasteiger partial charge in [-0.05, 0) is 29.8 Å². The van der Waals surface area contributed by atoms with Crippen LogP contribution in [0.25, 0.3) is 0 Å². The van der Waals surface area contributed by atoms with E-state index in [1.807, 2.05) is 18.2 Å². The number of rotatable bonds is 5. The SMILES string of the molecule is O=C(O)c1ccc(COCc2cccc(Cl)c2)o1. The normalized spacial score (nSPS) is 10.5. The Balaban J connectivity index is 1.86. The van der Waals surface area contributed by atoms with Crippen molar-refractivity contribution in [1.29, 1.82) is 0 Å². The number of carboxylic acids is 1. The van der Waals surface area contributed by atoms with Gasteiger partial charge in [-0.25, -0.2) is 4.79 Å². The fourth-order valence-corrected chi connectivity index (χ4v) is 1.68. The van der Waals surface area contributed by atoms with E-state index in [0.29, 0.717) is 17.4 Å². The summed E-state index contributed by atoms with van der Waals surface area (Å²) in [4.78, 5) is 10.6. The fourth-order valence-electron chi connectivity index (χ4n) is 1.47. The van der Waals surface area contributed by atoms with Crippen LogP contribution in [0.5, 0.6) is 0 Å². The highest BCUT2D eigenvalue weighted by Gasteiger charge is 2.08. The van der Waals surface area contributed by atoms with Crippen molar-refractivity contribution >= 4 is 17.6 Å². The van der Waals surface area contributed by atoms with Crippen LogP contribution in [-0.2, 0) is 18.0 Å². The zero-order valence-electron chi connectivity index (χ0n) is 9.43. The molecule has 18 heavy (non-hydrogen) atoms. The largest absolute Gasteiger partial charge is 0.475 e. The van der Waals surface area contributed by atoms with E-state index in [1.54, 1.807) is 12.1 Å². The molecule has 0 fully saturated rings. The molecule has 0 aliphatic heterocycles. The molecule has 5 heteroatoms. The second-order valence-corrected chi connectivity index (χ2v) is 4.13. The van der Waals surface area contributed by atoms with Crippen molar-refractivity contribution in [2.45, 2.75) is 13.2 Å². The molecule has 94 valence electrons. The van der Waals surface area contributed by atoms with Crippen LogP contribution < -0.4 is 0 Å². The molecule has 0 aliphatic carbocycles. The van der Waals surface area contributed by atoms with Gasteiger partial charge in [-0.2, -0.15) is 0 Å². The number of hydrogen-bond acceptors (Lipinski definition) is 3. The molecular formula is C13H11ClO4. The zero-order valence-corrected chi connectivity index (χ0v) is 10.2. The van der Waals surface area contributed by atoms with E-state index in [2.05, 4.69) is 0 Å². The van der Waals surface area contributed by atoms with Gasteiger partial charge in [0, 0.05) is 5.02 Å². The van der Waals surface area contributed by atoms with Gasteiger partial charge in [-0.1, -0.05) is 23.7 Å². The Kier molecular flexibility index (Phi) is 4.02. The maximum atomic E-state index is 10.6. The molecule has 0 saturated heterocycles. The second-order valence-electron chi connectivity index (χ2n) is 3.69. The van der Waals surface area contributed by atoms with E-state index in [-0.39, 0.29) is 12.4 Å². The summed E-state index contributed by atoms with van der Waals surface area (Å²) in [6.07, 6.45) is 0. The van der Waals surface area contributed by atoms with Crippen LogP contribution in [0.4, 0.5) is 0 Å². The van der Waals surface area contributed by atoms with Crippen LogP contribution in [-0.4, -0.2) is 11.1 Å². The number of hydrogen-bond donors (Lipinski definition) is 1. The minimum absolute atomic E-state index is 0.0867.